The van der Waals surface area contributed by atoms with Crippen molar-refractivity contribution in [2.75, 3.05) is 27.7 Å². The lowest BCUT2D eigenvalue weighted by molar-refractivity contribution is -0.137. The average molecular weight is 676 g/mol. The molecule has 3 atom stereocenters. The first kappa shape index (κ1) is 35.0. The standard InChI is InChI=1S/C36H41N3O10/c1-22(10-13-27(38(4)32(40)8-5-9-33(41)42)35(44)25-12-15-29-31(18-25)49-21-47-29)39-16-6-7-26(19-39)36(45)37(3)23(2)34(43)24-11-14-28-30(17-24)48-20-46-28/h6,11-12,14-19,22-23,27H,5,7-10,13,20-21H2,1-4H3,(H,41,42)/t22?,23-,27-/m0/s1. The Labute approximate surface area is 284 Å². The number of amides is 2. The van der Waals surface area contributed by atoms with Gasteiger partial charge < -0.3 is 38.8 Å². The maximum atomic E-state index is 13.8. The van der Waals surface area contributed by atoms with E-state index in [2.05, 4.69) is 0 Å². The van der Waals surface area contributed by atoms with Gasteiger partial charge in [0.05, 0.1) is 12.1 Å². The zero-order valence-electron chi connectivity index (χ0n) is 28.0. The summed E-state index contributed by atoms with van der Waals surface area (Å²) >= 11 is 0. The van der Waals surface area contributed by atoms with E-state index in [0.29, 0.717) is 59.0 Å². The van der Waals surface area contributed by atoms with E-state index in [0.717, 1.165) is 0 Å². The van der Waals surface area contributed by atoms with Crippen LogP contribution in [-0.2, 0) is 14.4 Å². The largest absolute Gasteiger partial charge is 0.481 e. The van der Waals surface area contributed by atoms with Crippen LogP contribution in [0.25, 0.3) is 0 Å². The molecule has 5 rings (SSSR count). The smallest absolute Gasteiger partial charge is 0.303 e. The molecule has 3 heterocycles. The van der Waals surface area contributed by atoms with E-state index in [1.165, 1.54) is 9.80 Å². The highest BCUT2D eigenvalue weighted by atomic mass is 16.7. The zero-order chi connectivity index (χ0) is 35.2. The summed E-state index contributed by atoms with van der Waals surface area (Å²) in [7, 11) is 3.16. The number of ketones is 2. The van der Waals surface area contributed by atoms with Crippen molar-refractivity contribution in [3.63, 3.8) is 0 Å². The minimum absolute atomic E-state index is 0.00451. The molecule has 1 N–H and O–H groups in total. The molecule has 49 heavy (non-hydrogen) atoms. The maximum absolute atomic E-state index is 13.8. The van der Waals surface area contributed by atoms with Crippen LogP contribution in [0.5, 0.6) is 23.0 Å². The minimum Gasteiger partial charge on any atom is -0.481 e. The fourth-order valence-corrected chi connectivity index (χ4v) is 5.90. The summed E-state index contributed by atoms with van der Waals surface area (Å²) in [5, 5.41) is 9.00. The van der Waals surface area contributed by atoms with Crippen molar-refractivity contribution in [3.8, 4) is 23.0 Å². The second kappa shape index (κ2) is 15.3. The van der Waals surface area contributed by atoms with E-state index in [9.17, 15) is 24.0 Å². The van der Waals surface area contributed by atoms with Crippen LogP contribution in [-0.4, -0.2) is 95.0 Å². The van der Waals surface area contributed by atoms with Crippen molar-refractivity contribution >= 4 is 29.4 Å². The van der Waals surface area contributed by atoms with Crippen molar-refractivity contribution in [2.45, 2.75) is 70.5 Å². The summed E-state index contributed by atoms with van der Waals surface area (Å²) in [6, 6.07) is 8.12. The lowest BCUT2D eigenvalue weighted by Gasteiger charge is -2.32. The summed E-state index contributed by atoms with van der Waals surface area (Å²) in [4.78, 5) is 69.5. The van der Waals surface area contributed by atoms with Gasteiger partial charge in [0.1, 0.15) is 0 Å². The number of Topliss-reactive ketones (excluding diaryl/α,β-unsaturated/α-hetero) is 2. The molecule has 13 nitrogen and oxygen atoms in total. The normalized spacial score (nSPS) is 16.0. The van der Waals surface area contributed by atoms with Crippen molar-refractivity contribution < 1.29 is 48.0 Å². The maximum Gasteiger partial charge on any atom is 0.303 e. The lowest BCUT2D eigenvalue weighted by atomic mass is 9.95. The second-order valence-corrected chi connectivity index (χ2v) is 12.3. The minimum atomic E-state index is -0.991. The van der Waals surface area contributed by atoms with E-state index in [1.807, 2.05) is 24.1 Å². The van der Waals surface area contributed by atoms with Crippen LogP contribution < -0.4 is 18.9 Å². The molecule has 3 aliphatic heterocycles. The van der Waals surface area contributed by atoms with E-state index >= 15 is 0 Å². The third-order valence-corrected chi connectivity index (χ3v) is 9.10. The van der Waals surface area contributed by atoms with Crippen LogP contribution in [0.1, 0.15) is 73.1 Å². The molecule has 0 spiro atoms. The molecule has 2 aromatic carbocycles. The summed E-state index contributed by atoms with van der Waals surface area (Å²) in [6.45, 7) is 3.79. The Balaban J connectivity index is 1.25. The van der Waals surface area contributed by atoms with Gasteiger partial charge in [-0.1, -0.05) is 6.08 Å². The van der Waals surface area contributed by atoms with Crippen LogP contribution in [0.15, 0.2) is 60.4 Å². The number of carbonyl (C=O) groups is 5. The van der Waals surface area contributed by atoms with Crippen LogP contribution in [0.2, 0.25) is 0 Å². The molecular formula is C36H41N3O10. The number of nitrogens with zero attached hydrogens (tertiary/aromatic N) is 3. The number of benzene rings is 2. The number of ether oxygens (including phenoxy) is 4. The molecule has 3 aliphatic rings. The predicted molar refractivity (Wildman–Crippen MR) is 176 cm³/mol. The van der Waals surface area contributed by atoms with Gasteiger partial charge in [-0.2, -0.15) is 0 Å². The molecule has 1 unspecified atom stereocenters. The number of carboxylic acids is 1. The molecule has 0 fully saturated rings. The van der Waals surface area contributed by atoms with Crippen molar-refractivity contribution in [1.82, 2.24) is 14.7 Å². The highest BCUT2D eigenvalue weighted by molar-refractivity contribution is 6.04. The van der Waals surface area contributed by atoms with Gasteiger partial charge in [-0.05, 0) is 75.9 Å². The van der Waals surface area contributed by atoms with Gasteiger partial charge in [-0.3, -0.25) is 24.0 Å². The predicted octanol–water partition coefficient (Wildman–Crippen LogP) is 4.41. The van der Waals surface area contributed by atoms with Crippen LogP contribution >= 0.6 is 0 Å². The first-order valence-electron chi connectivity index (χ1n) is 16.2. The Morgan fingerprint density at radius 1 is 0.796 bits per heavy atom. The first-order valence-corrected chi connectivity index (χ1v) is 16.2. The number of hydrogen-bond acceptors (Lipinski definition) is 10. The molecule has 0 radical (unpaired) electrons. The summed E-state index contributed by atoms with van der Waals surface area (Å²) < 4.78 is 21.6. The Morgan fingerprint density at radius 2 is 1.39 bits per heavy atom. The Hall–Kier alpha value is -5.33. The van der Waals surface area contributed by atoms with Gasteiger partial charge in [0, 0.05) is 62.1 Å². The number of likely N-dealkylation sites (N-methyl/N-ethyl adjacent to an activating group) is 2. The summed E-state index contributed by atoms with van der Waals surface area (Å²) in [5.74, 6) is -0.0669. The highest BCUT2D eigenvalue weighted by Gasteiger charge is 2.31. The Morgan fingerprint density at radius 3 is 2.00 bits per heavy atom. The molecule has 2 aromatic rings. The number of fused-ring (bicyclic) bond motifs is 2. The van der Waals surface area contributed by atoms with Crippen molar-refractivity contribution in [3.05, 3.63) is 71.6 Å². The quantitative estimate of drug-likeness (QED) is 0.267. The van der Waals surface area contributed by atoms with Gasteiger partial charge in [-0.25, -0.2) is 0 Å². The van der Waals surface area contributed by atoms with Crippen LogP contribution in [0.4, 0.5) is 0 Å². The molecule has 0 aliphatic carbocycles. The first-order chi connectivity index (χ1) is 23.4. The monoisotopic (exact) mass is 675 g/mol. The molecular weight excluding hydrogens is 634 g/mol. The van der Waals surface area contributed by atoms with Gasteiger partial charge in [0.2, 0.25) is 19.5 Å². The van der Waals surface area contributed by atoms with Crippen molar-refractivity contribution in [1.29, 1.82) is 0 Å². The van der Waals surface area contributed by atoms with E-state index in [4.69, 9.17) is 24.1 Å². The molecule has 0 saturated heterocycles. The third kappa shape index (κ3) is 8.04. The van der Waals surface area contributed by atoms with Gasteiger partial charge in [0.15, 0.2) is 34.6 Å². The van der Waals surface area contributed by atoms with Gasteiger partial charge in [-0.15, -0.1) is 0 Å². The molecule has 13 heteroatoms. The van der Waals surface area contributed by atoms with Crippen LogP contribution in [0, 0.1) is 0 Å². The number of carbonyl (C=O) groups excluding carboxylic acids is 4. The van der Waals surface area contributed by atoms with Crippen molar-refractivity contribution in [2.24, 2.45) is 0 Å². The number of hydrogen-bond donors (Lipinski definition) is 1. The summed E-state index contributed by atoms with van der Waals surface area (Å²) in [6.07, 6.45) is 6.68. The Bertz CT molecular complexity index is 1680. The fraction of sp³-hybridized carbons (Fsp3) is 0.417. The number of carboxylic acid groups (broad SMARTS) is 1. The third-order valence-electron chi connectivity index (χ3n) is 9.10. The van der Waals surface area contributed by atoms with Gasteiger partial charge >= 0.3 is 5.97 Å². The molecule has 0 saturated carbocycles. The molecule has 0 bridgehead atoms. The zero-order valence-corrected chi connectivity index (χ0v) is 28.0. The second-order valence-electron chi connectivity index (χ2n) is 12.3. The molecule has 0 aromatic heterocycles. The van der Waals surface area contributed by atoms with E-state index in [1.54, 1.807) is 63.6 Å². The number of allylic oxidation sites excluding steroid dienone is 1. The lowest BCUT2D eigenvalue weighted by Crippen LogP contribution is -2.43. The van der Waals surface area contributed by atoms with Crippen LogP contribution in [0.3, 0.4) is 0 Å². The topological polar surface area (TPSA) is 152 Å². The fourth-order valence-electron chi connectivity index (χ4n) is 5.90. The molecule has 260 valence electrons. The van der Waals surface area contributed by atoms with E-state index in [-0.39, 0.29) is 62.3 Å². The molecule has 2 amide bonds. The average Bonchev–Trinajstić information content (AvgIpc) is 3.79. The SMILES string of the molecule is CC(CC[C@@H](C(=O)c1ccc2c(c1)OCO2)N(C)C(=O)CCCC(=O)O)N1C=CCC(C(=O)N(C)[C@@H](C)C(=O)c2ccc3c(c2)OCO3)=C1. The summed E-state index contributed by atoms with van der Waals surface area (Å²) in [5.41, 5.74) is 1.28. The Kier molecular flexibility index (Phi) is 10.9. The number of aliphatic carboxylic acids is 1. The number of rotatable bonds is 15. The van der Waals surface area contributed by atoms with E-state index < -0.39 is 18.1 Å². The van der Waals surface area contributed by atoms with Gasteiger partial charge in [0.25, 0.3) is 5.91 Å². The highest BCUT2D eigenvalue weighted by Crippen LogP contribution is 2.34.